The van der Waals surface area contributed by atoms with Gasteiger partial charge in [-0.05, 0) is 17.7 Å². The molecule has 0 aliphatic carbocycles. The maximum absolute atomic E-state index is 12.5. The number of nitrogens with one attached hydrogen (secondary N) is 1. The Hall–Kier alpha value is -3.56. The number of amides is 2. The third kappa shape index (κ3) is 4.68. The summed E-state index contributed by atoms with van der Waals surface area (Å²) in [6.07, 6.45) is 0. The molecule has 32 heavy (non-hydrogen) atoms. The van der Waals surface area contributed by atoms with E-state index in [1.807, 2.05) is 0 Å². The zero-order valence-electron chi connectivity index (χ0n) is 17.4. The van der Waals surface area contributed by atoms with Gasteiger partial charge in [-0.3, -0.25) is 9.59 Å². The summed E-state index contributed by atoms with van der Waals surface area (Å²) in [6, 6.07) is 13.5. The van der Waals surface area contributed by atoms with Crippen molar-refractivity contribution in [3.63, 3.8) is 0 Å². The van der Waals surface area contributed by atoms with Crippen molar-refractivity contribution in [1.29, 1.82) is 0 Å². The smallest absolute Gasteiger partial charge is 0.255 e. The van der Waals surface area contributed by atoms with Gasteiger partial charge < -0.3 is 26.6 Å². The summed E-state index contributed by atoms with van der Waals surface area (Å²) in [7, 11) is 1.51. The number of hydrogen-bond acceptors (Lipinski definition) is 6. The zero-order valence-corrected chi connectivity index (χ0v) is 18.2. The van der Waals surface area contributed by atoms with Crippen molar-refractivity contribution in [1.82, 2.24) is 15.1 Å². The second-order valence-corrected chi connectivity index (χ2v) is 7.30. The molecule has 0 aliphatic rings. The predicted molar refractivity (Wildman–Crippen MR) is 122 cm³/mol. The third-order valence-electron chi connectivity index (χ3n) is 4.96. The number of aromatic nitrogens is 2. The molecule has 0 radical (unpaired) electrons. The molecule has 1 heterocycles. The summed E-state index contributed by atoms with van der Waals surface area (Å²) in [5.41, 5.74) is 13.8. The summed E-state index contributed by atoms with van der Waals surface area (Å²) in [5, 5.41) is 16.7. The lowest BCUT2D eigenvalue weighted by Gasteiger charge is -2.12. The van der Waals surface area contributed by atoms with Crippen molar-refractivity contribution >= 4 is 29.2 Å². The van der Waals surface area contributed by atoms with E-state index in [0.717, 1.165) is 5.56 Å². The average Bonchev–Trinajstić information content (AvgIpc) is 3.15. The molecule has 0 spiro atoms. The van der Waals surface area contributed by atoms with Crippen LogP contribution < -0.4 is 21.5 Å². The first-order valence-corrected chi connectivity index (χ1v) is 10.3. The van der Waals surface area contributed by atoms with Crippen LogP contribution in [0.1, 0.15) is 32.3 Å². The third-order valence-corrected chi connectivity index (χ3v) is 5.32. The van der Waals surface area contributed by atoms with Gasteiger partial charge in [0.2, 0.25) is 0 Å². The molecule has 168 valence electrons. The first-order valence-electron chi connectivity index (χ1n) is 9.76. The van der Waals surface area contributed by atoms with Crippen LogP contribution in [0.5, 0.6) is 5.75 Å². The van der Waals surface area contributed by atoms with Crippen molar-refractivity contribution in [2.24, 2.45) is 5.73 Å². The second kappa shape index (κ2) is 10.2. The highest BCUT2D eigenvalue weighted by Crippen LogP contribution is 2.29. The summed E-state index contributed by atoms with van der Waals surface area (Å²) >= 11 is 5.87. The first-order chi connectivity index (χ1) is 15.4. The van der Waals surface area contributed by atoms with E-state index in [1.165, 1.54) is 11.8 Å². The molecule has 2 amide bonds. The maximum atomic E-state index is 12.5. The lowest BCUT2D eigenvalue weighted by atomic mass is 10.0. The number of nitrogens with zero attached hydrogens (tertiary/aromatic N) is 2. The minimum Gasteiger partial charge on any atom is -0.496 e. The maximum Gasteiger partial charge on any atom is 0.255 e. The highest BCUT2D eigenvalue weighted by atomic mass is 35.5. The number of nitrogens with two attached hydrogens (primary N) is 2. The lowest BCUT2D eigenvalue weighted by Crippen LogP contribution is -2.23. The van der Waals surface area contributed by atoms with E-state index in [9.17, 15) is 14.7 Å². The molecule has 0 fully saturated rings. The lowest BCUT2D eigenvalue weighted by molar-refractivity contribution is 0.0946. The minimum atomic E-state index is -0.733. The van der Waals surface area contributed by atoms with Crippen LogP contribution in [0.2, 0.25) is 0 Å². The molecule has 1 aromatic heterocycles. The van der Waals surface area contributed by atoms with Crippen molar-refractivity contribution < 1.29 is 19.4 Å². The van der Waals surface area contributed by atoms with Crippen LogP contribution in [-0.2, 0) is 6.54 Å². The quantitative estimate of drug-likeness (QED) is 0.361. The van der Waals surface area contributed by atoms with Gasteiger partial charge in [-0.15, -0.1) is 11.6 Å². The van der Waals surface area contributed by atoms with Crippen LogP contribution in [-0.4, -0.2) is 46.3 Å². The molecule has 1 unspecified atom stereocenters. The van der Waals surface area contributed by atoms with Gasteiger partial charge in [0, 0.05) is 18.0 Å². The Morgan fingerprint density at radius 1 is 1.22 bits per heavy atom. The Morgan fingerprint density at radius 2 is 1.91 bits per heavy atom. The van der Waals surface area contributed by atoms with Crippen LogP contribution >= 0.6 is 11.6 Å². The molecule has 1 atom stereocenters. The Morgan fingerprint density at radius 3 is 2.50 bits per heavy atom. The molecule has 3 rings (SSSR count). The molecule has 3 aromatic rings. The largest absolute Gasteiger partial charge is 0.496 e. The van der Waals surface area contributed by atoms with Crippen LogP contribution in [0.3, 0.4) is 0 Å². The molecule has 2 aromatic carbocycles. The molecule has 10 heteroatoms. The van der Waals surface area contributed by atoms with Gasteiger partial charge in [0.1, 0.15) is 22.8 Å². The van der Waals surface area contributed by atoms with Gasteiger partial charge in [-0.2, -0.15) is 5.10 Å². The fourth-order valence-electron chi connectivity index (χ4n) is 3.25. The van der Waals surface area contributed by atoms with Crippen LogP contribution in [0.15, 0.2) is 48.5 Å². The number of anilines is 1. The van der Waals surface area contributed by atoms with E-state index in [4.69, 9.17) is 27.8 Å². The highest BCUT2D eigenvalue weighted by Gasteiger charge is 2.24. The molecular formula is C22H24ClN5O4. The van der Waals surface area contributed by atoms with Gasteiger partial charge in [0.05, 0.1) is 25.3 Å². The number of ether oxygens (including phenoxy) is 1. The number of halogens is 1. The monoisotopic (exact) mass is 457 g/mol. The number of aliphatic hydroxyl groups is 1. The number of benzene rings is 2. The molecule has 0 aliphatic heterocycles. The summed E-state index contributed by atoms with van der Waals surface area (Å²) < 4.78 is 6.53. The zero-order chi connectivity index (χ0) is 23.3. The topological polar surface area (TPSA) is 145 Å². The number of alkyl halides is 1. The normalized spacial score (nSPS) is 11.7. The van der Waals surface area contributed by atoms with Crippen molar-refractivity contribution in [2.45, 2.75) is 12.6 Å². The fourth-order valence-corrected chi connectivity index (χ4v) is 3.48. The fraction of sp³-hybridized carbons (Fsp3) is 0.227. The first kappa shape index (κ1) is 23.1. The molecule has 9 nitrogen and oxygen atoms in total. The van der Waals surface area contributed by atoms with Gasteiger partial charge in [-0.1, -0.05) is 36.4 Å². The van der Waals surface area contributed by atoms with Gasteiger partial charge in [-0.25, -0.2) is 4.68 Å². The van der Waals surface area contributed by atoms with Crippen molar-refractivity contribution in [3.05, 3.63) is 65.2 Å². The Labute approximate surface area is 189 Å². The number of primary amides is 1. The number of nitrogen functional groups attached to an aromatic ring is 1. The van der Waals surface area contributed by atoms with Crippen LogP contribution in [0.4, 0.5) is 5.82 Å². The summed E-state index contributed by atoms with van der Waals surface area (Å²) in [6.45, 7) is -0.00684. The standard InChI is InChI=1S/C22H24ClN5O4/c1-32-17-5-3-2-4-16(17)22(31)26-11-13-6-8-14(9-7-13)19-18(21(25)30)20(24)28(27-19)15(10-23)12-29/h2-9,15,29H,10-12,24H2,1H3,(H2,25,30)(H,26,31). The van der Waals surface area contributed by atoms with Crippen molar-refractivity contribution in [2.75, 3.05) is 25.3 Å². The summed E-state index contributed by atoms with van der Waals surface area (Å²) in [4.78, 5) is 24.5. The predicted octanol–water partition coefficient (Wildman–Crippen LogP) is 1.94. The van der Waals surface area contributed by atoms with E-state index in [1.54, 1.807) is 48.5 Å². The van der Waals surface area contributed by atoms with E-state index in [2.05, 4.69) is 10.4 Å². The molecule has 6 N–H and O–H groups in total. The van der Waals surface area contributed by atoms with Gasteiger partial charge in [0.15, 0.2) is 0 Å². The minimum absolute atomic E-state index is 0.0420. The number of carbonyl (C=O) groups is 2. The van der Waals surface area contributed by atoms with E-state index >= 15 is 0 Å². The number of hydrogen-bond donors (Lipinski definition) is 4. The van der Waals surface area contributed by atoms with Gasteiger partial charge >= 0.3 is 0 Å². The molecule has 0 saturated carbocycles. The Balaban J connectivity index is 1.80. The summed E-state index contributed by atoms with van der Waals surface area (Å²) in [5.74, 6) is -0.399. The molecule has 0 bridgehead atoms. The van der Waals surface area contributed by atoms with Gasteiger partial charge in [0.25, 0.3) is 11.8 Å². The molecular weight excluding hydrogens is 434 g/mol. The van der Waals surface area contributed by atoms with Crippen LogP contribution in [0, 0.1) is 0 Å². The van der Waals surface area contributed by atoms with E-state index < -0.39 is 11.9 Å². The second-order valence-electron chi connectivity index (χ2n) is 6.99. The van der Waals surface area contributed by atoms with Crippen LogP contribution in [0.25, 0.3) is 11.3 Å². The van der Waals surface area contributed by atoms with Crippen molar-refractivity contribution in [3.8, 4) is 17.0 Å². The van der Waals surface area contributed by atoms with E-state index in [-0.39, 0.29) is 36.3 Å². The number of carbonyl (C=O) groups excluding carboxylic acids is 2. The average molecular weight is 458 g/mol. The number of rotatable bonds is 9. The molecule has 0 saturated heterocycles. The number of para-hydroxylation sites is 1. The number of aliphatic hydroxyl groups excluding tert-OH is 1. The highest BCUT2D eigenvalue weighted by molar-refractivity contribution is 6.18. The van der Waals surface area contributed by atoms with E-state index in [0.29, 0.717) is 22.6 Å². The Bertz CT molecular complexity index is 1110. The SMILES string of the molecule is COc1ccccc1C(=O)NCc1ccc(-c2nn(C(CO)CCl)c(N)c2C(N)=O)cc1. The Kier molecular flexibility index (Phi) is 7.34. The number of methoxy groups -OCH3 is 1.